The fourth-order valence-corrected chi connectivity index (χ4v) is 2.59. The first kappa shape index (κ1) is 8.24. The number of rotatable bonds is 0. The second kappa shape index (κ2) is 3.17. The van der Waals surface area contributed by atoms with Gasteiger partial charge in [-0.25, -0.2) is 0 Å². The van der Waals surface area contributed by atoms with E-state index in [9.17, 15) is 4.79 Å². The van der Waals surface area contributed by atoms with E-state index in [0.717, 1.165) is 12.8 Å². The molecule has 0 bridgehead atoms. The highest BCUT2D eigenvalue weighted by Crippen LogP contribution is 2.29. The van der Waals surface area contributed by atoms with Crippen LogP contribution in [0, 0.1) is 5.92 Å². The summed E-state index contributed by atoms with van der Waals surface area (Å²) in [5, 5.41) is 3.53. The van der Waals surface area contributed by atoms with Crippen molar-refractivity contribution in [3.63, 3.8) is 0 Å². The topological polar surface area (TPSA) is 29.1 Å². The molecule has 0 spiro atoms. The van der Waals surface area contributed by atoms with Gasteiger partial charge in [0.15, 0.2) is 0 Å². The van der Waals surface area contributed by atoms with Crippen LogP contribution in [-0.4, -0.2) is 17.9 Å². The molecule has 1 saturated carbocycles. The van der Waals surface area contributed by atoms with Crippen molar-refractivity contribution >= 4 is 5.78 Å². The molecule has 12 heavy (non-hydrogen) atoms. The van der Waals surface area contributed by atoms with Crippen molar-refractivity contribution in [2.24, 2.45) is 5.92 Å². The zero-order valence-corrected chi connectivity index (χ0v) is 7.68. The zero-order valence-electron chi connectivity index (χ0n) is 7.68. The molecule has 0 amide bonds. The maximum atomic E-state index is 11.6. The molecule has 0 aromatic heterocycles. The first-order valence-corrected chi connectivity index (χ1v) is 5.06. The molecule has 1 N–H and O–H groups in total. The van der Waals surface area contributed by atoms with Gasteiger partial charge in [-0.2, -0.15) is 0 Å². The number of Topliss-reactive ketones (excluding diaryl/α,β-unsaturated/α-hetero) is 1. The zero-order chi connectivity index (χ0) is 8.55. The summed E-state index contributed by atoms with van der Waals surface area (Å²) in [7, 11) is 0. The van der Waals surface area contributed by atoms with Gasteiger partial charge in [-0.3, -0.25) is 4.79 Å². The van der Waals surface area contributed by atoms with Crippen LogP contribution < -0.4 is 5.32 Å². The van der Waals surface area contributed by atoms with Crippen molar-refractivity contribution in [3.05, 3.63) is 0 Å². The van der Waals surface area contributed by atoms with E-state index < -0.39 is 0 Å². The van der Waals surface area contributed by atoms with Crippen LogP contribution >= 0.6 is 0 Å². The average Bonchev–Trinajstić information content (AvgIpc) is 2.04. The average molecular weight is 167 g/mol. The molecule has 2 rings (SSSR count). The second-order valence-electron chi connectivity index (χ2n) is 4.24. The maximum Gasteiger partial charge on any atom is 0.139 e. The van der Waals surface area contributed by atoms with Crippen molar-refractivity contribution in [3.8, 4) is 0 Å². The van der Waals surface area contributed by atoms with E-state index in [1.165, 1.54) is 19.3 Å². The predicted octanol–water partition coefficient (Wildman–Crippen LogP) is 1.50. The van der Waals surface area contributed by atoms with E-state index in [-0.39, 0.29) is 0 Å². The summed E-state index contributed by atoms with van der Waals surface area (Å²) in [6.45, 7) is 2.11. The standard InChI is InChI=1S/C10H17NO/c1-7-6-10(12)8-4-2-3-5-9(8)11-7/h7-9,11H,2-6H2,1H3/t7-,8+,9+/m1/s1. The minimum Gasteiger partial charge on any atom is -0.310 e. The highest BCUT2D eigenvalue weighted by atomic mass is 16.1. The lowest BCUT2D eigenvalue weighted by Crippen LogP contribution is -2.52. The van der Waals surface area contributed by atoms with Crippen LogP contribution in [0.15, 0.2) is 0 Å². The number of nitrogens with one attached hydrogen (secondary N) is 1. The van der Waals surface area contributed by atoms with Gasteiger partial charge >= 0.3 is 0 Å². The molecular weight excluding hydrogens is 150 g/mol. The number of hydrogen-bond acceptors (Lipinski definition) is 2. The molecule has 2 heteroatoms. The Hall–Kier alpha value is -0.370. The molecule has 1 saturated heterocycles. The Balaban J connectivity index is 2.06. The van der Waals surface area contributed by atoms with Crippen molar-refractivity contribution in [2.45, 2.75) is 51.1 Å². The normalized spacial score (nSPS) is 42.4. The molecule has 1 aliphatic carbocycles. The number of hydrogen-bond donors (Lipinski definition) is 1. The Morgan fingerprint density at radius 1 is 1.33 bits per heavy atom. The largest absolute Gasteiger partial charge is 0.310 e. The van der Waals surface area contributed by atoms with Crippen molar-refractivity contribution in [1.29, 1.82) is 0 Å². The van der Waals surface area contributed by atoms with E-state index in [4.69, 9.17) is 0 Å². The van der Waals surface area contributed by atoms with E-state index in [2.05, 4.69) is 12.2 Å². The molecule has 0 aromatic carbocycles. The summed E-state index contributed by atoms with van der Waals surface area (Å²) < 4.78 is 0. The summed E-state index contributed by atoms with van der Waals surface area (Å²) in [6.07, 6.45) is 5.64. The van der Waals surface area contributed by atoms with Gasteiger partial charge in [0.1, 0.15) is 5.78 Å². The number of carbonyl (C=O) groups is 1. The lowest BCUT2D eigenvalue weighted by molar-refractivity contribution is -0.127. The summed E-state index contributed by atoms with van der Waals surface area (Å²) in [6, 6.07) is 0.923. The van der Waals surface area contributed by atoms with Gasteiger partial charge < -0.3 is 5.32 Å². The van der Waals surface area contributed by atoms with Gasteiger partial charge in [0.25, 0.3) is 0 Å². The lowest BCUT2D eigenvalue weighted by atomic mass is 9.77. The fourth-order valence-electron chi connectivity index (χ4n) is 2.59. The predicted molar refractivity (Wildman–Crippen MR) is 48.0 cm³/mol. The Labute approximate surface area is 73.7 Å². The molecular formula is C10H17NO. The molecule has 1 aliphatic heterocycles. The van der Waals surface area contributed by atoms with Gasteiger partial charge in [0, 0.05) is 24.4 Å². The third kappa shape index (κ3) is 1.40. The number of carbonyl (C=O) groups excluding carboxylic acids is 1. The highest BCUT2D eigenvalue weighted by Gasteiger charge is 2.35. The number of ketones is 1. The van der Waals surface area contributed by atoms with Crippen LogP contribution in [0.5, 0.6) is 0 Å². The summed E-state index contributed by atoms with van der Waals surface area (Å²) in [5.74, 6) is 0.862. The molecule has 1 heterocycles. The van der Waals surface area contributed by atoms with E-state index in [0.29, 0.717) is 23.8 Å². The van der Waals surface area contributed by atoms with E-state index in [1.807, 2.05) is 0 Å². The summed E-state index contributed by atoms with van der Waals surface area (Å²) in [4.78, 5) is 11.6. The minimum absolute atomic E-state index is 0.356. The quantitative estimate of drug-likeness (QED) is 0.592. The third-order valence-electron chi connectivity index (χ3n) is 3.19. The van der Waals surface area contributed by atoms with Crippen molar-refractivity contribution < 1.29 is 4.79 Å². The summed E-state index contributed by atoms with van der Waals surface area (Å²) >= 11 is 0. The van der Waals surface area contributed by atoms with Crippen LogP contribution in [0.3, 0.4) is 0 Å². The Kier molecular flexibility index (Phi) is 2.18. The second-order valence-corrected chi connectivity index (χ2v) is 4.24. The highest BCUT2D eigenvalue weighted by molar-refractivity contribution is 5.83. The molecule has 0 aromatic rings. The molecule has 0 unspecified atom stereocenters. The van der Waals surface area contributed by atoms with Gasteiger partial charge in [-0.15, -0.1) is 0 Å². The molecule has 2 nitrogen and oxygen atoms in total. The van der Waals surface area contributed by atoms with Crippen LogP contribution in [0.1, 0.15) is 39.0 Å². The van der Waals surface area contributed by atoms with Crippen molar-refractivity contribution in [2.75, 3.05) is 0 Å². The van der Waals surface area contributed by atoms with Crippen LogP contribution in [-0.2, 0) is 4.79 Å². The molecule has 0 radical (unpaired) electrons. The monoisotopic (exact) mass is 167 g/mol. The third-order valence-corrected chi connectivity index (χ3v) is 3.19. The summed E-state index contributed by atoms with van der Waals surface area (Å²) in [5.41, 5.74) is 0. The Bertz CT molecular complexity index is 190. The number of piperidine rings is 1. The van der Waals surface area contributed by atoms with Crippen LogP contribution in [0.4, 0.5) is 0 Å². The van der Waals surface area contributed by atoms with E-state index in [1.54, 1.807) is 0 Å². The van der Waals surface area contributed by atoms with Crippen molar-refractivity contribution in [1.82, 2.24) is 5.32 Å². The minimum atomic E-state index is 0.356. The molecule has 3 atom stereocenters. The fraction of sp³-hybridized carbons (Fsp3) is 0.900. The SMILES string of the molecule is C[C@@H]1CC(=O)[C@H]2CCCC[C@@H]2N1. The van der Waals surface area contributed by atoms with Crippen LogP contribution in [0.25, 0.3) is 0 Å². The van der Waals surface area contributed by atoms with Gasteiger partial charge in [-0.05, 0) is 19.8 Å². The smallest absolute Gasteiger partial charge is 0.139 e. The van der Waals surface area contributed by atoms with Gasteiger partial charge in [0.2, 0.25) is 0 Å². The first-order valence-electron chi connectivity index (χ1n) is 5.06. The molecule has 2 fully saturated rings. The Morgan fingerprint density at radius 3 is 2.92 bits per heavy atom. The molecule has 2 aliphatic rings. The maximum absolute atomic E-state index is 11.6. The first-order chi connectivity index (χ1) is 5.77. The number of fused-ring (bicyclic) bond motifs is 1. The Morgan fingerprint density at radius 2 is 2.08 bits per heavy atom. The van der Waals surface area contributed by atoms with Gasteiger partial charge in [-0.1, -0.05) is 12.8 Å². The van der Waals surface area contributed by atoms with Gasteiger partial charge in [0.05, 0.1) is 0 Å². The lowest BCUT2D eigenvalue weighted by Gasteiger charge is -2.38. The molecule has 68 valence electrons. The van der Waals surface area contributed by atoms with E-state index >= 15 is 0 Å². The van der Waals surface area contributed by atoms with Crippen LogP contribution in [0.2, 0.25) is 0 Å².